The van der Waals surface area contributed by atoms with Gasteiger partial charge in [-0.2, -0.15) is 0 Å². The van der Waals surface area contributed by atoms with Crippen molar-refractivity contribution >= 4 is 0 Å². The minimum Gasteiger partial charge on any atom is -0.379 e. The van der Waals surface area contributed by atoms with Crippen LogP contribution in [0.5, 0.6) is 0 Å². The second kappa shape index (κ2) is 8.48. The molecule has 0 saturated heterocycles. The Morgan fingerprint density at radius 3 is 2.31 bits per heavy atom. The number of rotatable bonds is 8. The van der Waals surface area contributed by atoms with Crippen LogP contribution >= 0.6 is 0 Å². The summed E-state index contributed by atoms with van der Waals surface area (Å²) in [6.07, 6.45) is 1.37. The predicted octanol–water partition coefficient (Wildman–Crippen LogP) is 1.85. The fraction of sp³-hybridized carbons (Fsp3) is 1.00. The molecule has 0 amide bonds. The van der Waals surface area contributed by atoms with E-state index in [2.05, 4.69) is 6.92 Å². The Balaban J connectivity index is 3.24. The van der Waals surface area contributed by atoms with Gasteiger partial charge in [-0.3, -0.25) is 0 Å². The molecule has 0 saturated carbocycles. The summed E-state index contributed by atoms with van der Waals surface area (Å²) < 4.78 is 15.9. The maximum absolute atomic E-state index is 5.49. The molecule has 2 unspecified atom stereocenters. The van der Waals surface area contributed by atoms with Gasteiger partial charge in [-0.05, 0) is 20.3 Å². The summed E-state index contributed by atoms with van der Waals surface area (Å²) >= 11 is 0. The lowest BCUT2D eigenvalue weighted by atomic mass is 10.4. The van der Waals surface area contributed by atoms with Gasteiger partial charge in [0.2, 0.25) is 0 Å². The Bertz CT molecular complexity index is 106. The summed E-state index contributed by atoms with van der Waals surface area (Å²) in [6.45, 7) is 8.21. The van der Waals surface area contributed by atoms with Gasteiger partial charge in [0.05, 0.1) is 25.4 Å². The van der Waals surface area contributed by atoms with Crippen LogP contribution in [0, 0.1) is 0 Å². The SMILES string of the molecule is CCCOCC(C)OCC(C)OC. The molecule has 0 spiro atoms. The lowest BCUT2D eigenvalue weighted by Gasteiger charge is -2.16. The zero-order valence-electron chi connectivity index (χ0n) is 9.21. The molecule has 3 nitrogen and oxygen atoms in total. The van der Waals surface area contributed by atoms with Crippen LogP contribution in [0.3, 0.4) is 0 Å². The molecule has 0 heterocycles. The largest absolute Gasteiger partial charge is 0.379 e. The number of methoxy groups -OCH3 is 1. The topological polar surface area (TPSA) is 27.7 Å². The van der Waals surface area contributed by atoms with Crippen molar-refractivity contribution in [1.82, 2.24) is 0 Å². The summed E-state index contributed by atoms with van der Waals surface area (Å²) in [7, 11) is 1.69. The van der Waals surface area contributed by atoms with Crippen molar-refractivity contribution < 1.29 is 14.2 Å². The third kappa shape index (κ3) is 8.22. The van der Waals surface area contributed by atoms with Gasteiger partial charge in [-0.1, -0.05) is 6.92 Å². The maximum atomic E-state index is 5.49. The van der Waals surface area contributed by atoms with E-state index in [4.69, 9.17) is 14.2 Å². The predicted molar refractivity (Wildman–Crippen MR) is 53.0 cm³/mol. The van der Waals surface area contributed by atoms with Crippen LogP contribution < -0.4 is 0 Å². The molecule has 0 aromatic carbocycles. The third-order valence-electron chi connectivity index (χ3n) is 1.72. The van der Waals surface area contributed by atoms with E-state index in [1.807, 2.05) is 13.8 Å². The van der Waals surface area contributed by atoms with Gasteiger partial charge < -0.3 is 14.2 Å². The molecule has 0 aromatic heterocycles. The van der Waals surface area contributed by atoms with Crippen LogP contribution in [0.2, 0.25) is 0 Å². The van der Waals surface area contributed by atoms with Gasteiger partial charge in [0.1, 0.15) is 0 Å². The number of hydrogen-bond acceptors (Lipinski definition) is 3. The van der Waals surface area contributed by atoms with E-state index in [0.717, 1.165) is 13.0 Å². The summed E-state index contributed by atoms with van der Waals surface area (Å²) in [6, 6.07) is 0. The first kappa shape index (κ1) is 12.9. The number of hydrogen-bond donors (Lipinski definition) is 0. The van der Waals surface area contributed by atoms with Crippen molar-refractivity contribution in [2.24, 2.45) is 0 Å². The second-order valence-corrected chi connectivity index (χ2v) is 3.27. The van der Waals surface area contributed by atoms with E-state index < -0.39 is 0 Å². The first-order chi connectivity index (χ1) is 6.20. The van der Waals surface area contributed by atoms with E-state index in [-0.39, 0.29) is 12.2 Å². The van der Waals surface area contributed by atoms with Crippen LogP contribution in [0.15, 0.2) is 0 Å². The van der Waals surface area contributed by atoms with Crippen LogP contribution in [-0.2, 0) is 14.2 Å². The van der Waals surface area contributed by atoms with E-state index >= 15 is 0 Å². The molecule has 2 atom stereocenters. The standard InChI is InChI=1S/C10H22O3/c1-5-6-12-7-10(3)13-8-9(2)11-4/h9-10H,5-8H2,1-4H3. The van der Waals surface area contributed by atoms with Crippen molar-refractivity contribution in [1.29, 1.82) is 0 Å². The number of ether oxygens (including phenoxy) is 3. The van der Waals surface area contributed by atoms with Crippen LogP contribution in [-0.4, -0.2) is 39.1 Å². The first-order valence-corrected chi connectivity index (χ1v) is 4.92. The Morgan fingerprint density at radius 1 is 1.08 bits per heavy atom. The first-order valence-electron chi connectivity index (χ1n) is 4.92. The lowest BCUT2D eigenvalue weighted by molar-refractivity contribution is -0.0462. The molecule has 0 N–H and O–H groups in total. The van der Waals surface area contributed by atoms with Crippen LogP contribution in [0.25, 0.3) is 0 Å². The van der Waals surface area contributed by atoms with Crippen LogP contribution in [0.4, 0.5) is 0 Å². The average molecular weight is 190 g/mol. The summed E-state index contributed by atoms with van der Waals surface area (Å²) in [5.74, 6) is 0. The molecule has 0 aliphatic rings. The quantitative estimate of drug-likeness (QED) is 0.547. The van der Waals surface area contributed by atoms with Gasteiger partial charge >= 0.3 is 0 Å². The van der Waals surface area contributed by atoms with Crippen LogP contribution in [0.1, 0.15) is 27.2 Å². The van der Waals surface area contributed by atoms with E-state index in [1.54, 1.807) is 7.11 Å². The Labute approximate surface area is 81.4 Å². The zero-order chi connectivity index (χ0) is 10.1. The molecule has 0 rings (SSSR count). The van der Waals surface area contributed by atoms with Gasteiger partial charge in [0.15, 0.2) is 0 Å². The van der Waals surface area contributed by atoms with Gasteiger partial charge in [-0.25, -0.2) is 0 Å². The molecule has 80 valence electrons. The fourth-order valence-electron chi connectivity index (χ4n) is 0.810. The monoisotopic (exact) mass is 190 g/mol. The molecule has 0 aliphatic carbocycles. The van der Waals surface area contributed by atoms with Crippen molar-refractivity contribution in [3.8, 4) is 0 Å². The molecule has 0 aliphatic heterocycles. The Hall–Kier alpha value is -0.120. The highest BCUT2D eigenvalue weighted by Gasteiger charge is 2.05. The molecular formula is C10H22O3. The molecule has 0 radical (unpaired) electrons. The second-order valence-electron chi connectivity index (χ2n) is 3.27. The zero-order valence-corrected chi connectivity index (χ0v) is 9.21. The lowest BCUT2D eigenvalue weighted by Crippen LogP contribution is -2.22. The van der Waals surface area contributed by atoms with Gasteiger partial charge in [0.25, 0.3) is 0 Å². The Morgan fingerprint density at radius 2 is 1.77 bits per heavy atom. The molecule has 3 heteroatoms. The van der Waals surface area contributed by atoms with Gasteiger partial charge in [-0.15, -0.1) is 0 Å². The van der Waals surface area contributed by atoms with Crippen molar-refractivity contribution in [2.45, 2.75) is 39.4 Å². The molecule has 0 aromatic rings. The molecule has 0 fully saturated rings. The highest BCUT2D eigenvalue weighted by atomic mass is 16.6. The van der Waals surface area contributed by atoms with E-state index in [0.29, 0.717) is 13.2 Å². The maximum Gasteiger partial charge on any atom is 0.0781 e. The summed E-state index contributed by atoms with van der Waals surface area (Å²) in [4.78, 5) is 0. The molecule has 13 heavy (non-hydrogen) atoms. The van der Waals surface area contributed by atoms with Crippen molar-refractivity contribution in [3.05, 3.63) is 0 Å². The minimum atomic E-state index is 0.157. The Kier molecular flexibility index (Phi) is 8.40. The van der Waals surface area contributed by atoms with Gasteiger partial charge in [0, 0.05) is 13.7 Å². The molecular weight excluding hydrogens is 168 g/mol. The normalized spacial score (nSPS) is 15.7. The molecule has 0 bridgehead atoms. The minimum absolute atomic E-state index is 0.157. The average Bonchev–Trinajstić information content (AvgIpc) is 2.14. The highest BCUT2D eigenvalue weighted by Crippen LogP contribution is 1.96. The summed E-state index contributed by atoms with van der Waals surface area (Å²) in [5.41, 5.74) is 0. The van der Waals surface area contributed by atoms with Crippen molar-refractivity contribution in [2.75, 3.05) is 26.9 Å². The smallest absolute Gasteiger partial charge is 0.0781 e. The van der Waals surface area contributed by atoms with E-state index in [9.17, 15) is 0 Å². The summed E-state index contributed by atoms with van der Waals surface area (Å²) in [5, 5.41) is 0. The van der Waals surface area contributed by atoms with E-state index in [1.165, 1.54) is 0 Å². The fourth-order valence-corrected chi connectivity index (χ4v) is 0.810. The third-order valence-corrected chi connectivity index (χ3v) is 1.72. The highest BCUT2D eigenvalue weighted by molar-refractivity contribution is 4.51. The van der Waals surface area contributed by atoms with Crippen molar-refractivity contribution in [3.63, 3.8) is 0 Å².